The van der Waals surface area contributed by atoms with Crippen molar-refractivity contribution in [2.24, 2.45) is 0 Å². The molecule has 0 unspecified atom stereocenters. The molecule has 0 fully saturated rings. The summed E-state index contributed by atoms with van der Waals surface area (Å²) >= 11 is -0.409. The summed E-state index contributed by atoms with van der Waals surface area (Å²) in [7, 11) is 0. The van der Waals surface area contributed by atoms with Gasteiger partial charge in [-0.25, -0.2) is 0 Å². The Labute approximate surface area is 622 Å². The fourth-order valence-electron chi connectivity index (χ4n) is 19.3. The SMILES string of the molecule is CCCCCCCCC1(CCCCCCCC)c2ccccc2-c2ccc(-c3ccc(-c4ccc5c(c4)C(CCCCCC)(CCCCCC)c4cc(-c6ccc(-c7ccc8c(c7)C(CCCCCCCC)(CCCCCCCC)c7ccccc7-8)c7n[se]nc67)ccc4-5)c4n[se]nc34)cc21. The van der Waals surface area contributed by atoms with Gasteiger partial charge in [0.1, 0.15) is 0 Å². The molecule has 4 nitrogen and oxygen atoms in total. The monoisotopic (exact) mass is 1470 g/mol. The molecule has 10 aromatic rings. The number of hydrogen-bond donors (Lipinski definition) is 0. The molecule has 13 rings (SSSR count). The van der Waals surface area contributed by atoms with Gasteiger partial charge in [0.15, 0.2) is 0 Å². The number of benzene rings is 8. The van der Waals surface area contributed by atoms with Crippen LogP contribution < -0.4 is 0 Å². The van der Waals surface area contributed by atoms with Crippen LogP contribution in [0.15, 0.2) is 146 Å². The Bertz CT molecular complexity index is 4040. The maximum absolute atomic E-state index is 5.40. The van der Waals surface area contributed by atoms with Crippen LogP contribution >= 0.6 is 0 Å². The zero-order chi connectivity index (χ0) is 69.4. The molecule has 101 heavy (non-hydrogen) atoms. The summed E-state index contributed by atoms with van der Waals surface area (Å²) in [5.74, 6) is 0. The first-order chi connectivity index (χ1) is 49.9. The molecule has 0 atom stereocenters. The van der Waals surface area contributed by atoms with Crippen molar-refractivity contribution in [1.29, 1.82) is 0 Å². The molecule has 0 N–H and O–H groups in total. The van der Waals surface area contributed by atoms with Crippen LogP contribution in [-0.4, -0.2) is 45.8 Å². The Balaban J connectivity index is 0.851. The van der Waals surface area contributed by atoms with Crippen LogP contribution in [0.1, 0.15) is 319 Å². The van der Waals surface area contributed by atoms with Gasteiger partial charge in [0, 0.05) is 0 Å². The van der Waals surface area contributed by atoms with Crippen molar-refractivity contribution in [3.05, 3.63) is 179 Å². The van der Waals surface area contributed by atoms with Crippen molar-refractivity contribution < 1.29 is 0 Å². The Kier molecular flexibility index (Phi) is 25.5. The number of fused-ring (bicyclic) bond motifs is 11. The number of hydrogen-bond acceptors (Lipinski definition) is 4. The zero-order valence-corrected chi connectivity index (χ0v) is 66.3. The van der Waals surface area contributed by atoms with Crippen molar-refractivity contribution in [2.45, 2.75) is 302 Å². The number of unbranched alkanes of at least 4 members (excludes halogenated alkanes) is 26. The third-order valence-electron chi connectivity index (χ3n) is 24.7. The molecule has 0 saturated heterocycles. The van der Waals surface area contributed by atoms with Gasteiger partial charge in [-0.2, -0.15) is 0 Å². The predicted molar refractivity (Wildman–Crippen MR) is 436 cm³/mol. The molecule has 2 heterocycles. The standard InChI is InChI=1S/C95H118N4Se2/c1-7-13-19-25-29-39-59-93(60-40-30-26-20-14-8-2)83-45-35-33-43-77(83)79-51-47-69(65-85(79)93)73-55-57-75(91-89(73)96-100-98-91)71-49-53-81-82-54-50-72(68-88(82)95(87(81)67-71,63-37-23-17-11-5)64-38-24-18-12-6)76-58-56-74(90-92(76)99-101-97-90)70-48-52-80-78-44-34-36-46-84(78)94(86(80)66-70,61-41-31-27-21-15-9-3)62-42-32-28-22-16-10-4/h33-36,43-58,65-68H,7-32,37-42,59-64H2,1-6H3. The van der Waals surface area contributed by atoms with Crippen molar-refractivity contribution in [1.82, 2.24) is 15.9 Å². The van der Waals surface area contributed by atoms with Crippen LogP contribution in [0.5, 0.6) is 0 Å². The second-order valence-corrected chi connectivity index (χ2v) is 33.5. The number of aromatic nitrogens is 4. The second kappa shape index (κ2) is 35.2. The average molecular weight is 1470 g/mol. The second-order valence-electron chi connectivity index (χ2n) is 31.3. The van der Waals surface area contributed by atoms with Crippen molar-refractivity contribution in [3.8, 4) is 77.9 Å². The number of rotatable bonds is 42. The molecule has 0 radical (unpaired) electrons. The topological polar surface area (TPSA) is 51.6 Å². The van der Waals surface area contributed by atoms with Crippen molar-refractivity contribution in [2.75, 3.05) is 0 Å². The van der Waals surface area contributed by atoms with Crippen LogP contribution in [-0.2, 0) is 16.2 Å². The Hall–Kier alpha value is -6.00. The summed E-state index contributed by atoms with van der Waals surface area (Å²) in [6, 6.07) is 58.9. The molecule has 0 amide bonds. The van der Waals surface area contributed by atoms with Crippen LogP contribution in [0.4, 0.5) is 0 Å². The first-order valence-corrected chi connectivity index (χ1v) is 44.2. The molecular weight excluding hydrogens is 1350 g/mol. The van der Waals surface area contributed by atoms with Crippen molar-refractivity contribution >= 4 is 52.0 Å². The first-order valence-electron chi connectivity index (χ1n) is 41.2. The molecule has 3 aliphatic rings. The Morgan fingerprint density at radius 3 is 0.663 bits per heavy atom. The van der Waals surface area contributed by atoms with Gasteiger partial charge in [0.2, 0.25) is 0 Å². The predicted octanol–water partition coefficient (Wildman–Crippen LogP) is 28.1. The van der Waals surface area contributed by atoms with Crippen molar-refractivity contribution in [3.63, 3.8) is 0 Å². The summed E-state index contributed by atoms with van der Waals surface area (Å²) in [4.78, 5) is 0. The molecule has 0 spiro atoms. The molecule has 6 heteroatoms. The Morgan fingerprint density at radius 2 is 0.406 bits per heavy atom. The molecule has 3 aliphatic carbocycles. The van der Waals surface area contributed by atoms with E-state index in [9.17, 15) is 0 Å². The van der Waals surface area contributed by atoms with E-state index < -0.39 is 0 Å². The fourth-order valence-corrected chi connectivity index (χ4v) is 21.7. The molecule has 2 aromatic heterocycles. The van der Waals surface area contributed by atoms with E-state index in [1.165, 1.54) is 320 Å². The summed E-state index contributed by atoms with van der Waals surface area (Å²) in [6.07, 6.45) is 48.9. The minimum atomic E-state index is -0.205. The van der Waals surface area contributed by atoms with E-state index in [0.717, 1.165) is 34.9 Å². The third kappa shape index (κ3) is 15.3. The van der Waals surface area contributed by atoms with Gasteiger partial charge < -0.3 is 0 Å². The molecule has 0 bridgehead atoms. The van der Waals surface area contributed by atoms with E-state index in [0.29, 0.717) is 0 Å². The molecule has 530 valence electrons. The normalized spacial score (nSPS) is 14.2. The quantitative estimate of drug-likeness (QED) is 0.0283. The van der Waals surface area contributed by atoms with Crippen LogP contribution in [0.3, 0.4) is 0 Å². The van der Waals surface area contributed by atoms with Crippen LogP contribution in [0.2, 0.25) is 0 Å². The van der Waals surface area contributed by atoms with Gasteiger partial charge >= 0.3 is 534 Å². The average Bonchev–Trinajstić information content (AvgIpc) is 1.58. The summed E-state index contributed by atoms with van der Waals surface area (Å²) in [5, 5.41) is 0. The third-order valence-corrected chi connectivity index (χ3v) is 26.9. The van der Waals surface area contributed by atoms with Gasteiger partial charge in [0.25, 0.3) is 0 Å². The zero-order valence-electron chi connectivity index (χ0n) is 62.8. The van der Waals surface area contributed by atoms with Crippen LogP contribution in [0, 0.1) is 0 Å². The van der Waals surface area contributed by atoms with Gasteiger partial charge in [0.05, 0.1) is 0 Å². The van der Waals surface area contributed by atoms with E-state index in [-0.39, 0.29) is 46.2 Å². The van der Waals surface area contributed by atoms with Gasteiger partial charge in [-0.3, -0.25) is 0 Å². The fraction of sp³-hybridized carbons (Fsp3) is 0.495. The van der Waals surface area contributed by atoms with Gasteiger partial charge in [-0.15, -0.1) is 0 Å². The molecular formula is C95H118N4Se2. The summed E-state index contributed by atoms with van der Waals surface area (Å²) < 4.78 is 21.6. The number of nitrogens with zero attached hydrogens (tertiary/aromatic N) is 4. The minimum absolute atomic E-state index is 0.0237. The van der Waals surface area contributed by atoms with E-state index in [2.05, 4.69) is 187 Å². The van der Waals surface area contributed by atoms with Gasteiger partial charge in [-0.1, -0.05) is 92.9 Å². The van der Waals surface area contributed by atoms with E-state index in [4.69, 9.17) is 15.9 Å². The van der Waals surface area contributed by atoms with Gasteiger partial charge in [-0.05, 0) is 0 Å². The molecule has 0 saturated carbocycles. The summed E-state index contributed by atoms with van der Waals surface area (Å²) in [5.41, 5.74) is 32.3. The first kappa shape index (κ1) is 73.3. The molecule has 0 aliphatic heterocycles. The Morgan fingerprint density at radius 1 is 0.208 bits per heavy atom. The van der Waals surface area contributed by atoms with E-state index in [1.807, 2.05) is 0 Å². The molecule has 8 aromatic carbocycles. The summed E-state index contributed by atoms with van der Waals surface area (Å²) in [6.45, 7) is 14.1. The maximum atomic E-state index is 5.40. The van der Waals surface area contributed by atoms with E-state index in [1.54, 1.807) is 22.3 Å². The van der Waals surface area contributed by atoms with E-state index >= 15 is 0 Å². The van der Waals surface area contributed by atoms with Crippen LogP contribution in [0.25, 0.3) is 100.0 Å².